The van der Waals surface area contributed by atoms with Crippen molar-refractivity contribution in [3.63, 3.8) is 0 Å². The maximum Gasteiger partial charge on any atom is 0.343 e. The molecule has 0 radical (unpaired) electrons. The second-order valence-electron chi connectivity index (χ2n) is 21.5. The molecule has 0 saturated carbocycles. The van der Waals surface area contributed by atoms with Crippen molar-refractivity contribution in [2.24, 2.45) is 5.92 Å². The highest BCUT2D eigenvalue weighted by Crippen LogP contribution is 2.46. The van der Waals surface area contributed by atoms with Crippen molar-refractivity contribution in [2.75, 3.05) is 45.9 Å². The van der Waals surface area contributed by atoms with E-state index in [1.807, 2.05) is 11.0 Å². The highest BCUT2D eigenvalue weighted by atomic mass is 19.1. The lowest BCUT2D eigenvalue weighted by Crippen LogP contribution is -2.44. The van der Waals surface area contributed by atoms with Crippen molar-refractivity contribution in [1.82, 2.24) is 40.6 Å². The van der Waals surface area contributed by atoms with Crippen LogP contribution >= 0.6 is 0 Å². The second kappa shape index (κ2) is 26.4. The van der Waals surface area contributed by atoms with Crippen molar-refractivity contribution >= 4 is 63.9 Å². The zero-order chi connectivity index (χ0) is 58.1. The number of Topliss-reactive ketones (excluding diaryl/α,β-unsaturated/α-hetero) is 2. The van der Waals surface area contributed by atoms with Crippen molar-refractivity contribution in [3.8, 4) is 11.4 Å². The first-order chi connectivity index (χ1) is 38.8. The minimum atomic E-state index is -2.04. The number of imide groups is 1. The lowest BCUT2D eigenvalue weighted by Gasteiger charge is -2.31. The molecule has 1 aliphatic carbocycles. The third-order valence-corrected chi connectivity index (χ3v) is 16.0. The van der Waals surface area contributed by atoms with Gasteiger partial charge in [0.15, 0.2) is 17.2 Å². The number of pyridine rings is 2. The van der Waals surface area contributed by atoms with Crippen molar-refractivity contribution in [1.29, 1.82) is 0 Å². The van der Waals surface area contributed by atoms with Crippen LogP contribution in [0.5, 0.6) is 0 Å². The number of esters is 1. The Kier molecular flexibility index (Phi) is 19.4. The zero-order valence-electron chi connectivity index (χ0n) is 46.1. The number of aryl methyl sites for hydroxylation is 1. The van der Waals surface area contributed by atoms with E-state index in [1.54, 1.807) is 51.1 Å². The van der Waals surface area contributed by atoms with Gasteiger partial charge in [0.2, 0.25) is 35.4 Å². The summed E-state index contributed by atoms with van der Waals surface area (Å²) in [5.74, 6) is -4.35. The predicted molar refractivity (Wildman–Crippen MR) is 292 cm³/mol. The molecule has 0 spiro atoms. The topological polar surface area (TPSA) is 293 Å². The number of carbonyl (C=O) groups excluding carboxylic acids is 9. The average Bonchev–Trinajstić information content (AvgIpc) is 4.13. The van der Waals surface area contributed by atoms with Crippen LogP contribution in [0.25, 0.3) is 22.3 Å². The molecule has 4 atom stereocenters. The number of benzene rings is 2. The summed E-state index contributed by atoms with van der Waals surface area (Å²) in [4.78, 5) is 137. The van der Waals surface area contributed by atoms with Crippen LogP contribution in [-0.2, 0) is 79.5 Å². The molecule has 6 N–H and O–H groups in total. The number of halogens is 1. The maximum absolute atomic E-state index is 15.5. The molecule has 1 unspecified atom stereocenters. The number of cyclic esters (lactones) is 1. The summed E-state index contributed by atoms with van der Waals surface area (Å²) in [7, 11) is 0. The minimum Gasteiger partial charge on any atom is -0.458 e. The van der Waals surface area contributed by atoms with Gasteiger partial charge in [0.1, 0.15) is 12.4 Å². The van der Waals surface area contributed by atoms with Gasteiger partial charge in [-0.2, -0.15) is 0 Å². The van der Waals surface area contributed by atoms with Crippen LogP contribution < -0.4 is 26.8 Å². The summed E-state index contributed by atoms with van der Waals surface area (Å²) in [6, 6.07) is 10.4. The molecule has 4 aliphatic rings. The predicted octanol–water partition coefficient (Wildman–Crippen LogP) is 2.93. The summed E-state index contributed by atoms with van der Waals surface area (Å²) < 4.78 is 22.2. The number of amides is 6. The van der Waals surface area contributed by atoms with Crippen molar-refractivity contribution < 1.29 is 62.5 Å². The quantitative estimate of drug-likeness (QED) is 0.0239. The van der Waals surface area contributed by atoms with Gasteiger partial charge in [0, 0.05) is 106 Å². The standard InChI is InChI=1S/C59H71FN8O13/c1-4-59(80)41-29-46-55-39(32-68(46)57(78)40(41)33-81-58(59)79)54-43(16-15-38-35(3)42(60)30-45(65-55)53(38)54)63-51(75)20-23-66(25-26-69)24-21-61-49(73)19-17-47(71)44(28-36-11-7-5-8-12-36)64-50(74)18-14-37(70)31-62-48(72)13-9-6-10-22-67-52(76)27-34(2)56(67)77/h5,7-8,11-12,29-30,34,43-44,69,80H,4,6,9-10,13-28,31-33H2,1-3H3,(H,61,73)(H,62,72)(H,63,75)(H,64,74)/t34?,43-,44-,59-/m0/s1. The Hall–Kier alpha value is -7.56. The number of ether oxygens (including phenoxy) is 1. The maximum atomic E-state index is 15.5. The van der Waals surface area contributed by atoms with E-state index in [0.717, 1.165) is 11.1 Å². The number of carbonyl (C=O) groups is 9. The van der Waals surface area contributed by atoms with Gasteiger partial charge < -0.3 is 40.8 Å². The molecular weight excluding hydrogens is 1050 g/mol. The second-order valence-corrected chi connectivity index (χ2v) is 21.5. The summed E-state index contributed by atoms with van der Waals surface area (Å²) in [6.45, 7) is 5.43. The van der Waals surface area contributed by atoms with Crippen LogP contribution in [0.15, 0.2) is 47.3 Å². The number of aliphatic hydroxyl groups is 2. The fraction of sp³-hybridized carbons (Fsp3) is 0.508. The van der Waals surface area contributed by atoms with E-state index in [1.165, 1.54) is 15.5 Å². The third kappa shape index (κ3) is 13.6. The number of hydrogen-bond donors (Lipinski definition) is 6. The van der Waals surface area contributed by atoms with Gasteiger partial charge in [-0.25, -0.2) is 14.2 Å². The van der Waals surface area contributed by atoms with Gasteiger partial charge in [-0.3, -0.25) is 53.0 Å². The molecule has 5 heterocycles. The van der Waals surface area contributed by atoms with Gasteiger partial charge in [-0.05, 0) is 73.8 Å². The monoisotopic (exact) mass is 1120 g/mol. The molecule has 1 saturated heterocycles. The molecule has 22 heteroatoms. The minimum absolute atomic E-state index is 0.0109. The molecule has 8 rings (SSSR count). The molecule has 6 amide bonds. The van der Waals surface area contributed by atoms with E-state index in [9.17, 15) is 58.2 Å². The fourth-order valence-corrected chi connectivity index (χ4v) is 11.4. The Balaban J connectivity index is 0.800. The van der Waals surface area contributed by atoms with Gasteiger partial charge >= 0.3 is 5.97 Å². The Bertz CT molecular complexity index is 3200. The van der Waals surface area contributed by atoms with E-state index in [0.29, 0.717) is 77.6 Å². The first-order valence-electron chi connectivity index (χ1n) is 28.0. The Morgan fingerprint density at radius 2 is 1.63 bits per heavy atom. The van der Waals surface area contributed by atoms with Crippen LogP contribution in [0.2, 0.25) is 0 Å². The largest absolute Gasteiger partial charge is 0.458 e. The number of nitrogens with one attached hydrogen (secondary N) is 4. The van der Waals surface area contributed by atoms with Gasteiger partial charge in [0.25, 0.3) is 5.56 Å². The number of aliphatic hydroxyl groups excluding tert-OH is 1. The first kappa shape index (κ1) is 59.6. The number of rotatable bonds is 28. The molecule has 21 nitrogen and oxygen atoms in total. The zero-order valence-corrected chi connectivity index (χ0v) is 46.1. The molecule has 0 bridgehead atoms. The highest BCUT2D eigenvalue weighted by Gasteiger charge is 2.46. The molecule has 2 aromatic carbocycles. The van der Waals surface area contributed by atoms with Gasteiger partial charge in [-0.15, -0.1) is 0 Å². The molecule has 3 aliphatic heterocycles. The highest BCUT2D eigenvalue weighted by molar-refractivity contribution is 6.03. The molecule has 1 fully saturated rings. The number of fused-ring (bicyclic) bond motifs is 5. The third-order valence-electron chi connectivity index (χ3n) is 16.0. The number of hydrogen-bond acceptors (Lipinski definition) is 15. The molecule has 4 aromatic rings. The lowest BCUT2D eigenvalue weighted by molar-refractivity contribution is -0.172. The van der Waals surface area contributed by atoms with E-state index in [2.05, 4.69) is 21.3 Å². The van der Waals surface area contributed by atoms with Crippen LogP contribution in [0.4, 0.5) is 4.39 Å². The fourth-order valence-electron chi connectivity index (χ4n) is 11.4. The van der Waals surface area contributed by atoms with Crippen LogP contribution in [0, 0.1) is 18.7 Å². The Morgan fingerprint density at radius 1 is 0.877 bits per heavy atom. The molecule has 432 valence electrons. The number of ketones is 2. The van der Waals surface area contributed by atoms with Crippen molar-refractivity contribution in [3.05, 3.63) is 97.6 Å². The van der Waals surface area contributed by atoms with E-state index in [4.69, 9.17) is 9.72 Å². The van der Waals surface area contributed by atoms with Crippen LogP contribution in [0.1, 0.15) is 136 Å². The summed E-state index contributed by atoms with van der Waals surface area (Å²) in [6.07, 6.45) is 2.27. The molecular formula is C59H71FN8O13. The number of likely N-dealkylation sites (tertiary alicyclic amines) is 1. The normalized spacial score (nSPS) is 18.3. The van der Waals surface area contributed by atoms with Crippen LogP contribution in [0.3, 0.4) is 0 Å². The molecule has 81 heavy (non-hydrogen) atoms. The van der Waals surface area contributed by atoms with Crippen LogP contribution in [-0.4, -0.2) is 134 Å². The Morgan fingerprint density at radius 3 is 2.36 bits per heavy atom. The Labute approximate surface area is 467 Å². The van der Waals surface area contributed by atoms with Gasteiger partial charge in [0.05, 0.1) is 54.2 Å². The lowest BCUT2D eigenvalue weighted by atomic mass is 9.81. The summed E-state index contributed by atoms with van der Waals surface area (Å²) in [5, 5.41) is 33.3. The van der Waals surface area contributed by atoms with E-state index < -0.39 is 52.6 Å². The summed E-state index contributed by atoms with van der Waals surface area (Å²) in [5.41, 5.74) is 2.27. The first-order valence-corrected chi connectivity index (χ1v) is 28.0. The average molecular weight is 1120 g/mol. The van der Waals surface area contributed by atoms with E-state index in [-0.39, 0.29) is 157 Å². The number of unbranched alkanes of at least 4 members (excludes halogenated alkanes) is 2. The number of aromatic nitrogens is 2. The van der Waals surface area contributed by atoms with E-state index >= 15 is 4.39 Å². The number of nitrogens with zero attached hydrogens (tertiary/aromatic N) is 4. The summed E-state index contributed by atoms with van der Waals surface area (Å²) >= 11 is 0. The SMILES string of the molecule is CC[C@@]1(O)C(=O)OCc2c1cc1n(c2=O)Cc2c-1nc1cc(F)c(C)c3c1c2[C@@H](NC(=O)CCN(CCO)CCNC(=O)CCC(=O)[C@H](Cc1ccccc1)NC(=O)CCC(=O)CNC(=O)CCCCCN1C(=O)CC(C)C1=O)CC3. The van der Waals surface area contributed by atoms with Gasteiger partial charge in [-0.1, -0.05) is 50.6 Å². The smallest absolute Gasteiger partial charge is 0.343 e. The molecule has 2 aromatic heterocycles. The van der Waals surface area contributed by atoms with Crippen molar-refractivity contribution in [2.45, 2.75) is 141 Å².